The normalized spacial score (nSPS) is 14.1. The van der Waals surface area contributed by atoms with Crippen LogP contribution in [0.4, 0.5) is 0 Å². The second-order valence-electron chi connectivity index (χ2n) is 5.31. The predicted octanol–water partition coefficient (Wildman–Crippen LogP) is 3.13. The van der Waals surface area contributed by atoms with Crippen molar-refractivity contribution in [2.24, 2.45) is 5.73 Å². The van der Waals surface area contributed by atoms with Crippen molar-refractivity contribution in [3.05, 3.63) is 29.3 Å². The van der Waals surface area contributed by atoms with Gasteiger partial charge in [0.05, 0.1) is 12.7 Å². The van der Waals surface area contributed by atoms with Gasteiger partial charge < -0.3 is 10.5 Å². The smallest absolute Gasteiger partial charge is 0.122 e. The maximum Gasteiger partial charge on any atom is 0.122 e. The highest BCUT2D eigenvalue weighted by atomic mass is 16.5. The van der Waals surface area contributed by atoms with E-state index in [9.17, 15) is 0 Å². The quantitative estimate of drug-likeness (QED) is 0.868. The van der Waals surface area contributed by atoms with Gasteiger partial charge in [0.1, 0.15) is 11.3 Å². The molecule has 0 aliphatic carbocycles. The van der Waals surface area contributed by atoms with E-state index in [0.29, 0.717) is 18.9 Å². The summed E-state index contributed by atoms with van der Waals surface area (Å²) >= 11 is 0. The van der Waals surface area contributed by atoms with Crippen molar-refractivity contribution >= 4 is 0 Å². The highest BCUT2D eigenvalue weighted by Gasteiger charge is 2.17. The Balaban J connectivity index is 2.68. The van der Waals surface area contributed by atoms with E-state index in [2.05, 4.69) is 38.1 Å². The maximum atomic E-state index is 8.83. The molecule has 0 aromatic heterocycles. The number of aryl methyl sites for hydroxylation is 1. The first kappa shape index (κ1) is 14.5. The van der Waals surface area contributed by atoms with Crippen molar-refractivity contribution in [2.45, 2.75) is 45.6 Å². The van der Waals surface area contributed by atoms with E-state index in [-0.39, 0.29) is 0 Å². The molecule has 0 aliphatic rings. The van der Waals surface area contributed by atoms with Crippen LogP contribution in [-0.4, -0.2) is 12.1 Å². The molecule has 0 heterocycles. The number of nitrogens with two attached hydrogens (primary N) is 1. The summed E-state index contributed by atoms with van der Waals surface area (Å²) < 4.78 is 5.73. The van der Waals surface area contributed by atoms with E-state index in [1.54, 1.807) is 6.92 Å². The van der Waals surface area contributed by atoms with Gasteiger partial charge in [-0.05, 0) is 37.0 Å². The molecule has 0 saturated heterocycles. The number of benzene rings is 1. The molecule has 1 atom stereocenters. The van der Waals surface area contributed by atoms with Crippen LogP contribution in [0.2, 0.25) is 0 Å². The zero-order valence-corrected chi connectivity index (χ0v) is 11.7. The molecule has 1 aromatic carbocycles. The standard InChI is InChI=1S/C15H22N2O/c1-11(2)13-6-5-12(3)14(9-13)18-8-7-15(4,17)10-16/h5-6,9,11H,7-8,17H2,1-4H3. The predicted molar refractivity (Wildman–Crippen MR) is 73.6 cm³/mol. The molecule has 18 heavy (non-hydrogen) atoms. The van der Waals surface area contributed by atoms with Gasteiger partial charge in [-0.15, -0.1) is 0 Å². The summed E-state index contributed by atoms with van der Waals surface area (Å²) in [7, 11) is 0. The maximum absolute atomic E-state index is 8.83. The van der Waals surface area contributed by atoms with E-state index < -0.39 is 5.54 Å². The van der Waals surface area contributed by atoms with E-state index >= 15 is 0 Å². The molecule has 0 spiro atoms. The topological polar surface area (TPSA) is 59.0 Å². The van der Waals surface area contributed by atoms with Crippen LogP contribution in [0.1, 0.15) is 44.2 Å². The van der Waals surface area contributed by atoms with E-state index in [0.717, 1.165) is 11.3 Å². The van der Waals surface area contributed by atoms with Crippen molar-refractivity contribution in [1.82, 2.24) is 0 Å². The highest BCUT2D eigenvalue weighted by Crippen LogP contribution is 2.24. The summed E-state index contributed by atoms with van der Waals surface area (Å²) in [5, 5.41) is 8.83. The molecule has 0 radical (unpaired) electrons. The minimum atomic E-state index is -0.816. The van der Waals surface area contributed by atoms with Crippen LogP contribution in [0.3, 0.4) is 0 Å². The molecule has 0 saturated carbocycles. The van der Waals surface area contributed by atoms with Gasteiger partial charge in [0.2, 0.25) is 0 Å². The Bertz CT molecular complexity index is 444. The fraction of sp³-hybridized carbons (Fsp3) is 0.533. The zero-order valence-electron chi connectivity index (χ0n) is 11.7. The van der Waals surface area contributed by atoms with Gasteiger partial charge in [-0.2, -0.15) is 5.26 Å². The second kappa shape index (κ2) is 5.88. The van der Waals surface area contributed by atoms with Crippen molar-refractivity contribution in [3.8, 4) is 11.8 Å². The first-order valence-electron chi connectivity index (χ1n) is 6.29. The van der Waals surface area contributed by atoms with Crippen LogP contribution in [0, 0.1) is 18.3 Å². The van der Waals surface area contributed by atoms with Gasteiger partial charge >= 0.3 is 0 Å². The molecule has 3 nitrogen and oxygen atoms in total. The molecule has 98 valence electrons. The Morgan fingerprint density at radius 2 is 2.11 bits per heavy atom. The first-order valence-corrected chi connectivity index (χ1v) is 6.29. The lowest BCUT2D eigenvalue weighted by Gasteiger charge is -2.17. The van der Waals surface area contributed by atoms with Crippen molar-refractivity contribution in [2.75, 3.05) is 6.61 Å². The van der Waals surface area contributed by atoms with Gasteiger partial charge in [0, 0.05) is 6.42 Å². The summed E-state index contributed by atoms with van der Waals surface area (Å²) in [4.78, 5) is 0. The Hall–Kier alpha value is -1.53. The molecule has 0 aliphatic heterocycles. The number of ether oxygens (including phenoxy) is 1. The minimum absolute atomic E-state index is 0.461. The van der Waals surface area contributed by atoms with E-state index in [1.807, 2.05) is 6.92 Å². The largest absolute Gasteiger partial charge is 0.493 e. The Morgan fingerprint density at radius 3 is 2.67 bits per heavy atom. The van der Waals surface area contributed by atoms with Crippen molar-refractivity contribution in [3.63, 3.8) is 0 Å². The molecule has 1 unspecified atom stereocenters. The third kappa shape index (κ3) is 4.05. The summed E-state index contributed by atoms with van der Waals surface area (Å²) in [6.45, 7) is 8.50. The minimum Gasteiger partial charge on any atom is -0.493 e. The number of hydrogen-bond acceptors (Lipinski definition) is 3. The Kier molecular flexibility index (Phi) is 4.75. The second-order valence-corrected chi connectivity index (χ2v) is 5.31. The van der Waals surface area contributed by atoms with Crippen LogP contribution in [0.25, 0.3) is 0 Å². The molecule has 2 N–H and O–H groups in total. The van der Waals surface area contributed by atoms with Gasteiger partial charge in [-0.3, -0.25) is 0 Å². The van der Waals surface area contributed by atoms with Crippen molar-refractivity contribution in [1.29, 1.82) is 5.26 Å². The molecule has 0 bridgehead atoms. The van der Waals surface area contributed by atoms with Crippen molar-refractivity contribution < 1.29 is 4.74 Å². The lowest BCUT2D eigenvalue weighted by atomic mass is 10.0. The van der Waals surface area contributed by atoms with Gasteiger partial charge in [0.25, 0.3) is 0 Å². The van der Waals surface area contributed by atoms with Crippen LogP contribution in [0.15, 0.2) is 18.2 Å². The van der Waals surface area contributed by atoms with Crippen LogP contribution in [0.5, 0.6) is 5.75 Å². The summed E-state index contributed by atoms with van der Waals surface area (Å²) in [6, 6.07) is 8.33. The SMILES string of the molecule is Cc1ccc(C(C)C)cc1OCCC(C)(N)C#N. The summed E-state index contributed by atoms with van der Waals surface area (Å²) in [5.41, 5.74) is 7.30. The first-order chi connectivity index (χ1) is 8.35. The molecule has 0 fully saturated rings. The molecule has 0 amide bonds. The summed E-state index contributed by atoms with van der Waals surface area (Å²) in [6.07, 6.45) is 0.523. The van der Waals surface area contributed by atoms with Crippen LogP contribution in [-0.2, 0) is 0 Å². The Labute approximate surface area is 110 Å². The monoisotopic (exact) mass is 246 g/mol. The average molecular weight is 246 g/mol. The van der Waals surface area contributed by atoms with E-state index in [4.69, 9.17) is 15.7 Å². The lowest BCUT2D eigenvalue weighted by Crippen LogP contribution is -2.35. The third-order valence-corrected chi connectivity index (χ3v) is 3.01. The van der Waals surface area contributed by atoms with Gasteiger partial charge in [0.15, 0.2) is 0 Å². The number of hydrogen-bond donors (Lipinski definition) is 1. The molecule has 1 aromatic rings. The molecule has 1 rings (SSSR count). The number of nitrogens with zero attached hydrogens (tertiary/aromatic N) is 1. The average Bonchev–Trinajstić information content (AvgIpc) is 2.31. The fourth-order valence-electron chi connectivity index (χ4n) is 1.56. The van der Waals surface area contributed by atoms with Gasteiger partial charge in [-0.1, -0.05) is 26.0 Å². The number of nitriles is 1. The third-order valence-electron chi connectivity index (χ3n) is 3.01. The molecular weight excluding hydrogens is 224 g/mol. The molecular formula is C15H22N2O. The number of rotatable bonds is 5. The highest BCUT2D eigenvalue weighted by molar-refractivity contribution is 5.37. The fourth-order valence-corrected chi connectivity index (χ4v) is 1.56. The Morgan fingerprint density at radius 1 is 1.44 bits per heavy atom. The van der Waals surface area contributed by atoms with Crippen LogP contribution < -0.4 is 10.5 Å². The zero-order chi connectivity index (χ0) is 13.8. The van der Waals surface area contributed by atoms with Gasteiger partial charge in [-0.25, -0.2) is 0 Å². The summed E-state index contributed by atoms with van der Waals surface area (Å²) in [5.74, 6) is 1.36. The van der Waals surface area contributed by atoms with E-state index in [1.165, 1.54) is 5.56 Å². The molecule has 3 heteroatoms. The van der Waals surface area contributed by atoms with Crippen LogP contribution >= 0.6 is 0 Å². The lowest BCUT2D eigenvalue weighted by molar-refractivity contribution is 0.284.